The molecule has 0 aromatic carbocycles. The maximum absolute atomic E-state index is 11.8. The fourth-order valence-corrected chi connectivity index (χ4v) is 2.86. The summed E-state index contributed by atoms with van der Waals surface area (Å²) in [4.78, 5) is 11.2. The first-order valence-electron chi connectivity index (χ1n) is 4.23. The molecule has 6 nitrogen and oxygen atoms in total. The molecule has 2 aliphatic heterocycles. The molecule has 2 saturated heterocycles. The first kappa shape index (κ1) is 9.66. The van der Waals surface area contributed by atoms with Gasteiger partial charge in [-0.2, -0.15) is 0 Å². The normalized spacial score (nSPS) is 23.7. The van der Waals surface area contributed by atoms with Crippen LogP contribution in [0.15, 0.2) is 0 Å². The summed E-state index contributed by atoms with van der Waals surface area (Å²) >= 11 is 3.47. The summed E-state index contributed by atoms with van der Waals surface area (Å²) in [5, 5.41) is 5.93. The summed E-state index contributed by atoms with van der Waals surface area (Å²) in [6.07, 6.45) is 0. The van der Waals surface area contributed by atoms with E-state index in [0.717, 1.165) is 0 Å². The van der Waals surface area contributed by atoms with Gasteiger partial charge in [0.2, 0.25) is 11.2 Å². The number of carbonyl (C=O) groups excluding carboxylic acids is 1. The Morgan fingerprint density at radius 3 is 2.36 bits per heavy atom. The maximum Gasteiger partial charge on any atom is 0.330 e. The summed E-state index contributed by atoms with van der Waals surface area (Å²) in [6.45, 7) is 2.26. The molecule has 2 heterocycles. The van der Waals surface area contributed by atoms with E-state index in [1.54, 1.807) is 0 Å². The van der Waals surface area contributed by atoms with Crippen molar-refractivity contribution in [2.24, 2.45) is 0 Å². The Morgan fingerprint density at radius 2 is 1.86 bits per heavy atom. The largest absolute Gasteiger partial charge is 0.360 e. The third-order valence-electron chi connectivity index (χ3n) is 2.01. The lowest BCUT2D eigenvalue weighted by atomic mass is 10.7. The topological polar surface area (TPSA) is 64.7 Å². The summed E-state index contributed by atoms with van der Waals surface area (Å²) in [6, 6.07) is -0.293. The second-order valence-corrected chi connectivity index (χ2v) is 4.63. The van der Waals surface area contributed by atoms with Gasteiger partial charge in [0.05, 0.1) is 13.1 Å². The molecular weight excluding hydrogens is 224 g/mol. The van der Waals surface area contributed by atoms with Gasteiger partial charge in [-0.3, -0.25) is 0 Å². The summed E-state index contributed by atoms with van der Waals surface area (Å²) in [5.41, 5.74) is 0. The van der Waals surface area contributed by atoms with Crippen LogP contribution in [-0.2, 0) is 11.2 Å². The van der Waals surface area contributed by atoms with Gasteiger partial charge in [-0.1, -0.05) is 0 Å². The molecule has 14 heavy (non-hydrogen) atoms. The lowest BCUT2D eigenvalue weighted by Crippen LogP contribution is -2.41. The zero-order valence-electron chi connectivity index (χ0n) is 7.36. The van der Waals surface area contributed by atoms with Gasteiger partial charge in [0, 0.05) is 13.1 Å². The van der Waals surface area contributed by atoms with Crippen LogP contribution in [0.3, 0.4) is 0 Å². The Bertz CT molecular complexity index is 280. The number of carbonyl (C=O) groups is 1. The van der Waals surface area contributed by atoms with E-state index in [9.17, 15) is 9.00 Å². The first-order valence-corrected chi connectivity index (χ1v) is 5.70. The highest BCUT2D eigenvalue weighted by atomic mass is 32.2. The number of rotatable bonds is 2. The summed E-state index contributed by atoms with van der Waals surface area (Å²) < 4.78 is 14.6. The van der Waals surface area contributed by atoms with E-state index in [2.05, 4.69) is 10.6 Å². The van der Waals surface area contributed by atoms with E-state index < -0.39 is 11.2 Å². The molecule has 1 unspecified atom stereocenters. The van der Waals surface area contributed by atoms with Crippen molar-refractivity contribution < 1.29 is 9.00 Å². The van der Waals surface area contributed by atoms with Gasteiger partial charge in [0.1, 0.15) is 0 Å². The van der Waals surface area contributed by atoms with Gasteiger partial charge in [-0.25, -0.2) is 17.6 Å². The number of hydrogen-bond donors (Lipinski definition) is 2. The SMILES string of the molecule is O=C1NCCN1S(=O)N1CCNC1=S. The Morgan fingerprint density at radius 1 is 1.21 bits per heavy atom. The number of amides is 2. The average Bonchev–Trinajstić information content (AvgIpc) is 2.73. The Kier molecular flexibility index (Phi) is 2.55. The summed E-state index contributed by atoms with van der Waals surface area (Å²) in [7, 11) is 0. The number of thiocarbonyl (C=S) groups is 1. The third-order valence-corrected chi connectivity index (χ3v) is 3.96. The van der Waals surface area contributed by atoms with Gasteiger partial charge in [0.25, 0.3) is 0 Å². The summed E-state index contributed by atoms with van der Waals surface area (Å²) in [5.74, 6) is 0. The molecule has 0 radical (unpaired) electrons. The van der Waals surface area contributed by atoms with Gasteiger partial charge in [-0.15, -0.1) is 0 Å². The minimum atomic E-state index is -1.48. The molecule has 2 aliphatic rings. The Balaban J connectivity index is 2.07. The van der Waals surface area contributed by atoms with Crippen molar-refractivity contribution in [2.45, 2.75) is 0 Å². The molecule has 0 spiro atoms. The highest BCUT2D eigenvalue weighted by molar-refractivity contribution is 7.85. The predicted octanol–water partition coefficient (Wildman–Crippen LogP) is -1.22. The van der Waals surface area contributed by atoms with Crippen molar-refractivity contribution in [1.82, 2.24) is 19.2 Å². The van der Waals surface area contributed by atoms with Crippen LogP contribution in [0.25, 0.3) is 0 Å². The van der Waals surface area contributed by atoms with Crippen molar-refractivity contribution in [3.8, 4) is 0 Å². The van der Waals surface area contributed by atoms with E-state index in [1.807, 2.05) is 0 Å². The fourth-order valence-electron chi connectivity index (χ4n) is 1.33. The first-order chi connectivity index (χ1) is 6.70. The van der Waals surface area contributed by atoms with Crippen LogP contribution in [0, 0.1) is 0 Å². The zero-order valence-corrected chi connectivity index (χ0v) is 8.99. The van der Waals surface area contributed by atoms with Crippen molar-refractivity contribution in [3.05, 3.63) is 0 Å². The van der Waals surface area contributed by atoms with Crippen LogP contribution in [0.5, 0.6) is 0 Å². The number of hydrogen-bond acceptors (Lipinski definition) is 3. The van der Waals surface area contributed by atoms with E-state index in [0.29, 0.717) is 31.3 Å². The second kappa shape index (κ2) is 3.70. The van der Waals surface area contributed by atoms with E-state index in [4.69, 9.17) is 12.2 Å². The molecular formula is C6H10N4O2S2. The maximum atomic E-state index is 11.8. The molecule has 1 atom stereocenters. The molecule has 0 aliphatic carbocycles. The molecule has 2 N–H and O–H groups in total. The van der Waals surface area contributed by atoms with Crippen LogP contribution in [0.2, 0.25) is 0 Å². The van der Waals surface area contributed by atoms with E-state index in [-0.39, 0.29) is 6.03 Å². The van der Waals surface area contributed by atoms with Gasteiger partial charge in [-0.05, 0) is 12.2 Å². The molecule has 0 aromatic rings. The Labute approximate surface area is 89.3 Å². The Hall–Kier alpha value is -0.890. The lowest BCUT2D eigenvalue weighted by molar-refractivity contribution is 0.236. The van der Waals surface area contributed by atoms with E-state index in [1.165, 1.54) is 8.61 Å². The third kappa shape index (κ3) is 1.55. The molecule has 78 valence electrons. The van der Waals surface area contributed by atoms with Crippen LogP contribution >= 0.6 is 12.2 Å². The van der Waals surface area contributed by atoms with Crippen LogP contribution in [0.4, 0.5) is 4.79 Å². The van der Waals surface area contributed by atoms with Gasteiger partial charge in [0.15, 0.2) is 5.11 Å². The lowest BCUT2D eigenvalue weighted by Gasteiger charge is -2.20. The highest BCUT2D eigenvalue weighted by Gasteiger charge is 2.32. The van der Waals surface area contributed by atoms with Crippen molar-refractivity contribution >= 4 is 34.5 Å². The van der Waals surface area contributed by atoms with Gasteiger partial charge >= 0.3 is 6.03 Å². The predicted molar refractivity (Wildman–Crippen MR) is 55.6 cm³/mol. The van der Waals surface area contributed by atoms with Gasteiger partial charge < -0.3 is 10.6 Å². The quantitative estimate of drug-likeness (QED) is 0.588. The zero-order chi connectivity index (χ0) is 10.1. The monoisotopic (exact) mass is 234 g/mol. The molecule has 0 bridgehead atoms. The second-order valence-electron chi connectivity index (χ2n) is 2.90. The smallest absolute Gasteiger partial charge is 0.330 e. The molecule has 0 saturated carbocycles. The fraction of sp³-hybridized carbons (Fsp3) is 0.667. The number of urea groups is 1. The minimum Gasteiger partial charge on any atom is -0.360 e. The van der Waals surface area contributed by atoms with Crippen LogP contribution in [-0.4, -0.2) is 50.1 Å². The highest BCUT2D eigenvalue weighted by Crippen LogP contribution is 2.09. The molecule has 8 heteroatoms. The van der Waals surface area contributed by atoms with E-state index >= 15 is 0 Å². The van der Waals surface area contributed by atoms with Crippen molar-refractivity contribution in [3.63, 3.8) is 0 Å². The molecule has 0 aromatic heterocycles. The molecule has 2 rings (SSSR count). The molecule has 2 fully saturated rings. The van der Waals surface area contributed by atoms with Crippen molar-refractivity contribution in [1.29, 1.82) is 0 Å². The minimum absolute atomic E-state index is 0.293. The van der Waals surface area contributed by atoms with Crippen LogP contribution in [0.1, 0.15) is 0 Å². The van der Waals surface area contributed by atoms with Crippen molar-refractivity contribution in [2.75, 3.05) is 26.2 Å². The number of nitrogens with zero attached hydrogens (tertiary/aromatic N) is 2. The molecule has 2 amide bonds. The standard InChI is InChI=1S/C6H10N4O2S2/c11-5-7-1-3-9(5)14(12)10-4-2-8-6(10)13/h1-4H2,(H,7,11)(H,8,13). The number of nitrogens with one attached hydrogen (secondary N) is 2. The van der Waals surface area contributed by atoms with Crippen LogP contribution < -0.4 is 10.6 Å². The average molecular weight is 234 g/mol.